The molecule has 1 heterocycles. The van der Waals surface area contributed by atoms with Gasteiger partial charge in [-0.15, -0.1) is 0 Å². The second-order valence-corrected chi connectivity index (χ2v) is 2.76. The van der Waals surface area contributed by atoms with Gasteiger partial charge in [0.15, 0.2) is 0 Å². The van der Waals surface area contributed by atoms with E-state index in [1.165, 1.54) is 17.0 Å². The van der Waals surface area contributed by atoms with E-state index in [2.05, 4.69) is 17.1 Å². The fraction of sp³-hybridized carbons (Fsp3) is 0.444. The van der Waals surface area contributed by atoms with Gasteiger partial charge in [-0.25, -0.2) is 0 Å². The predicted molar refractivity (Wildman–Crippen MR) is 44.2 cm³/mol. The Balaban J connectivity index is 2.71. The van der Waals surface area contributed by atoms with Crippen molar-refractivity contribution in [3.8, 4) is 6.07 Å². The molecule has 0 bridgehead atoms. The van der Waals surface area contributed by atoms with Crippen molar-refractivity contribution in [1.29, 1.82) is 5.26 Å². The lowest BCUT2D eigenvalue weighted by molar-refractivity contribution is 0.994. The fourth-order valence-corrected chi connectivity index (χ4v) is 1.23. The van der Waals surface area contributed by atoms with E-state index < -0.39 is 0 Å². The van der Waals surface area contributed by atoms with Crippen LogP contribution in [0.15, 0.2) is 6.07 Å². The topological polar surface area (TPSA) is 39.6 Å². The molecule has 1 rings (SSSR count). The fourth-order valence-electron chi connectivity index (χ4n) is 1.23. The molecule has 0 fully saturated rings. The van der Waals surface area contributed by atoms with Gasteiger partial charge in [0, 0.05) is 17.8 Å². The molecule has 1 aromatic heterocycles. The molecule has 0 radical (unpaired) electrons. The molecule has 0 saturated carbocycles. The Morgan fingerprint density at radius 3 is 2.73 bits per heavy atom. The molecule has 0 aromatic carbocycles. The van der Waals surface area contributed by atoms with Gasteiger partial charge in [-0.2, -0.15) is 5.26 Å². The zero-order valence-electron chi connectivity index (χ0n) is 6.94. The van der Waals surface area contributed by atoms with Gasteiger partial charge in [0.05, 0.1) is 6.07 Å². The third kappa shape index (κ3) is 1.84. The number of nitrogens with one attached hydrogen (secondary N) is 1. The maximum absolute atomic E-state index is 8.37. The van der Waals surface area contributed by atoms with Crippen molar-refractivity contribution in [3.63, 3.8) is 0 Å². The first kappa shape index (κ1) is 7.87. The van der Waals surface area contributed by atoms with E-state index in [1.54, 1.807) is 0 Å². The normalized spacial score (nSPS) is 9.55. The van der Waals surface area contributed by atoms with Crippen LogP contribution in [0.2, 0.25) is 0 Å². The van der Waals surface area contributed by atoms with Gasteiger partial charge in [-0.1, -0.05) is 0 Å². The molecule has 0 aliphatic heterocycles. The lowest BCUT2D eigenvalue weighted by Crippen LogP contribution is -1.83. The number of rotatable bonds is 2. The molecule has 0 aliphatic rings. The minimum atomic E-state index is 0.609. The molecule has 0 atom stereocenters. The van der Waals surface area contributed by atoms with Crippen LogP contribution in [-0.2, 0) is 6.42 Å². The highest BCUT2D eigenvalue weighted by atomic mass is 14.7. The molecule has 0 spiro atoms. The highest BCUT2D eigenvalue weighted by Gasteiger charge is 1.99. The Hall–Kier alpha value is -1.23. The molecule has 58 valence electrons. The van der Waals surface area contributed by atoms with Crippen molar-refractivity contribution in [2.75, 3.05) is 0 Å². The van der Waals surface area contributed by atoms with Crippen LogP contribution in [0.5, 0.6) is 0 Å². The quantitative estimate of drug-likeness (QED) is 0.685. The van der Waals surface area contributed by atoms with Crippen LogP contribution in [0.3, 0.4) is 0 Å². The third-order valence-electron chi connectivity index (χ3n) is 1.76. The minimum Gasteiger partial charge on any atom is -0.362 e. The molecule has 0 unspecified atom stereocenters. The molecular formula is C9H12N2. The number of aromatic nitrogens is 1. The Morgan fingerprint density at radius 2 is 2.27 bits per heavy atom. The summed E-state index contributed by atoms with van der Waals surface area (Å²) in [5.74, 6) is 0. The van der Waals surface area contributed by atoms with Crippen molar-refractivity contribution in [1.82, 2.24) is 4.98 Å². The van der Waals surface area contributed by atoms with Crippen LogP contribution in [0.25, 0.3) is 0 Å². The van der Waals surface area contributed by atoms with E-state index in [4.69, 9.17) is 5.26 Å². The maximum Gasteiger partial charge on any atom is 0.0625 e. The largest absolute Gasteiger partial charge is 0.362 e. The van der Waals surface area contributed by atoms with Crippen molar-refractivity contribution < 1.29 is 0 Å². The summed E-state index contributed by atoms with van der Waals surface area (Å²) in [6, 6.07) is 4.24. The third-order valence-corrected chi connectivity index (χ3v) is 1.76. The van der Waals surface area contributed by atoms with E-state index in [9.17, 15) is 0 Å². The van der Waals surface area contributed by atoms with E-state index >= 15 is 0 Å². The Labute approximate surface area is 66.9 Å². The smallest absolute Gasteiger partial charge is 0.0625 e. The van der Waals surface area contributed by atoms with Gasteiger partial charge in [0.2, 0.25) is 0 Å². The molecule has 0 aliphatic carbocycles. The summed E-state index contributed by atoms with van der Waals surface area (Å²) in [6.07, 6.45) is 1.48. The lowest BCUT2D eigenvalue weighted by atomic mass is 10.1. The van der Waals surface area contributed by atoms with E-state index in [0.717, 1.165) is 6.42 Å². The van der Waals surface area contributed by atoms with Crippen molar-refractivity contribution in [3.05, 3.63) is 23.0 Å². The first-order valence-corrected chi connectivity index (χ1v) is 3.76. The van der Waals surface area contributed by atoms with Crippen molar-refractivity contribution >= 4 is 0 Å². The summed E-state index contributed by atoms with van der Waals surface area (Å²) in [4.78, 5) is 3.21. The zero-order chi connectivity index (χ0) is 8.27. The number of aryl methyl sites for hydroxylation is 3. The number of nitrogens with zero attached hydrogens (tertiary/aromatic N) is 1. The molecule has 2 heteroatoms. The molecule has 0 saturated heterocycles. The highest BCUT2D eigenvalue weighted by molar-refractivity contribution is 5.24. The van der Waals surface area contributed by atoms with Gasteiger partial charge < -0.3 is 4.98 Å². The number of nitriles is 1. The molecule has 1 aromatic rings. The first-order chi connectivity index (χ1) is 5.24. The highest BCUT2D eigenvalue weighted by Crippen LogP contribution is 2.10. The van der Waals surface area contributed by atoms with Gasteiger partial charge >= 0.3 is 0 Å². The molecule has 11 heavy (non-hydrogen) atoms. The molecule has 1 N–H and O–H groups in total. The number of aromatic amines is 1. The Kier molecular flexibility index (Phi) is 2.32. The monoisotopic (exact) mass is 148 g/mol. The summed E-state index contributed by atoms with van der Waals surface area (Å²) in [5, 5.41) is 8.37. The number of H-pyrrole nitrogens is 1. The summed E-state index contributed by atoms with van der Waals surface area (Å²) in [5.41, 5.74) is 3.64. The minimum absolute atomic E-state index is 0.609. The van der Waals surface area contributed by atoms with Crippen LogP contribution in [0, 0.1) is 25.2 Å². The van der Waals surface area contributed by atoms with Gasteiger partial charge in [0.25, 0.3) is 0 Å². The summed E-state index contributed by atoms with van der Waals surface area (Å²) < 4.78 is 0. The predicted octanol–water partition coefficient (Wildman–Crippen LogP) is 2.09. The lowest BCUT2D eigenvalue weighted by Gasteiger charge is -1.91. The average molecular weight is 148 g/mol. The van der Waals surface area contributed by atoms with Gasteiger partial charge in [0.1, 0.15) is 0 Å². The summed E-state index contributed by atoms with van der Waals surface area (Å²) >= 11 is 0. The molecule has 0 amide bonds. The average Bonchev–Trinajstić information content (AvgIpc) is 2.26. The van der Waals surface area contributed by atoms with Crippen LogP contribution in [-0.4, -0.2) is 4.98 Å². The second kappa shape index (κ2) is 3.25. The van der Waals surface area contributed by atoms with E-state index in [1.807, 2.05) is 13.8 Å². The zero-order valence-corrected chi connectivity index (χ0v) is 6.94. The second-order valence-electron chi connectivity index (χ2n) is 2.76. The molecular weight excluding hydrogens is 136 g/mol. The Morgan fingerprint density at radius 1 is 1.55 bits per heavy atom. The first-order valence-electron chi connectivity index (χ1n) is 3.76. The van der Waals surface area contributed by atoms with Gasteiger partial charge in [-0.05, 0) is 31.9 Å². The van der Waals surface area contributed by atoms with Crippen LogP contribution in [0.1, 0.15) is 23.4 Å². The Bertz CT molecular complexity index is 278. The SMILES string of the molecule is Cc1cc(CCC#N)c(C)[nH]1. The maximum atomic E-state index is 8.37. The summed E-state index contributed by atoms with van der Waals surface area (Å²) in [6.45, 7) is 4.07. The number of hydrogen-bond acceptors (Lipinski definition) is 1. The van der Waals surface area contributed by atoms with Crippen molar-refractivity contribution in [2.45, 2.75) is 26.7 Å². The van der Waals surface area contributed by atoms with Gasteiger partial charge in [-0.3, -0.25) is 0 Å². The van der Waals surface area contributed by atoms with Crippen LogP contribution in [0.4, 0.5) is 0 Å². The van der Waals surface area contributed by atoms with Crippen LogP contribution < -0.4 is 0 Å². The van der Waals surface area contributed by atoms with E-state index in [-0.39, 0.29) is 0 Å². The molecule has 2 nitrogen and oxygen atoms in total. The summed E-state index contributed by atoms with van der Waals surface area (Å²) in [7, 11) is 0. The number of hydrogen-bond donors (Lipinski definition) is 1. The van der Waals surface area contributed by atoms with Crippen molar-refractivity contribution in [2.24, 2.45) is 0 Å². The standard InChI is InChI=1S/C9H12N2/c1-7-6-9(4-3-5-10)8(2)11-7/h6,11H,3-4H2,1-2H3. The van der Waals surface area contributed by atoms with E-state index in [0.29, 0.717) is 6.42 Å². The van der Waals surface area contributed by atoms with Crippen LogP contribution >= 0.6 is 0 Å².